The number of alkyl carbamates (subject to hydrolysis) is 1. The normalized spacial score (nSPS) is 16.3. The lowest BCUT2D eigenvalue weighted by molar-refractivity contribution is -0.168. The highest BCUT2D eigenvalue weighted by atomic mass is 19.1. The predicted molar refractivity (Wildman–Crippen MR) is 200 cm³/mol. The molecule has 15 nitrogen and oxygen atoms in total. The number of benzene rings is 1. The molecule has 1 spiro atoms. The minimum Gasteiger partial charge on any atom is -0.483 e. The molecule has 2 aliphatic heterocycles. The average molecular weight is 760 g/mol. The Bertz CT molecular complexity index is 1580. The number of rotatable bonds is 15. The number of halogens is 1. The number of carboxylic acid groups (broad SMARTS) is 1. The monoisotopic (exact) mass is 759 g/mol. The van der Waals surface area contributed by atoms with Gasteiger partial charge in [0.1, 0.15) is 17.9 Å². The van der Waals surface area contributed by atoms with Gasteiger partial charge >= 0.3 is 12.1 Å². The number of amides is 2. The molecule has 2 atom stereocenters. The Labute approximate surface area is 317 Å². The zero-order chi connectivity index (χ0) is 40.4. The molecule has 0 bridgehead atoms. The van der Waals surface area contributed by atoms with Gasteiger partial charge in [0.25, 0.3) is 18.3 Å². The molecule has 0 saturated carbocycles. The van der Waals surface area contributed by atoms with Gasteiger partial charge < -0.3 is 34.4 Å². The lowest BCUT2D eigenvalue weighted by Crippen LogP contribution is -2.62. The highest BCUT2D eigenvalue weighted by Crippen LogP contribution is 2.45. The maximum atomic E-state index is 14.4. The van der Waals surface area contributed by atoms with Crippen LogP contribution < -0.4 is 15.0 Å². The number of carbonyl (C=O) groups is 4. The minimum absolute atomic E-state index is 0.0412. The van der Waals surface area contributed by atoms with Gasteiger partial charge in [-0.2, -0.15) is 0 Å². The molecule has 1 aromatic heterocycles. The Morgan fingerprint density at radius 3 is 2.35 bits per heavy atom. The second-order valence-electron chi connectivity index (χ2n) is 15.8. The second-order valence-corrected chi connectivity index (χ2v) is 15.8. The molecule has 1 aromatic carbocycles. The van der Waals surface area contributed by atoms with Crippen LogP contribution in [0.4, 0.5) is 15.0 Å². The van der Waals surface area contributed by atoms with E-state index in [4.69, 9.17) is 24.1 Å². The molecule has 16 heteroatoms. The number of aromatic nitrogens is 3. The van der Waals surface area contributed by atoms with Crippen molar-refractivity contribution in [1.29, 1.82) is 0 Å². The van der Waals surface area contributed by atoms with Crippen LogP contribution in [0.2, 0.25) is 0 Å². The van der Waals surface area contributed by atoms with E-state index in [-0.39, 0.29) is 53.0 Å². The molecule has 0 radical (unpaired) electrons. The lowest BCUT2D eigenvalue weighted by Gasteiger charge is -2.53. The lowest BCUT2D eigenvalue weighted by atomic mass is 9.76. The molecule has 4 rings (SSSR count). The summed E-state index contributed by atoms with van der Waals surface area (Å²) in [5.41, 5.74) is -0.425. The zero-order valence-corrected chi connectivity index (χ0v) is 33.3. The number of nitrogens with one attached hydrogen (secondary N) is 1. The first-order valence-electron chi connectivity index (χ1n) is 18.6. The van der Waals surface area contributed by atoms with E-state index in [2.05, 4.69) is 44.1 Å². The van der Waals surface area contributed by atoms with Gasteiger partial charge in [-0.3, -0.25) is 19.3 Å². The van der Waals surface area contributed by atoms with Gasteiger partial charge in [-0.1, -0.05) is 27.7 Å². The fourth-order valence-electron chi connectivity index (χ4n) is 7.08. The first-order chi connectivity index (χ1) is 25.3. The molecule has 1 unspecified atom stereocenters. The van der Waals surface area contributed by atoms with Crippen molar-refractivity contribution < 1.29 is 42.9 Å². The van der Waals surface area contributed by atoms with Gasteiger partial charge in [-0.25, -0.2) is 14.2 Å². The molecular weight excluding hydrogens is 701 g/mol. The van der Waals surface area contributed by atoms with Gasteiger partial charge in [0, 0.05) is 62.7 Å². The van der Waals surface area contributed by atoms with Crippen LogP contribution in [0, 0.1) is 23.1 Å². The van der Waals surface area contributed by atoms with Crippen LogP contribution in [0.1, 0.15) is 98.9 Å². The zero-order valence-electron chi connectivity index (χ0n) is 33.3. The first kappa shape index (κ1) is 43.8. The summed E-state index contributed by atoms with van der Waals surface area (Å²) in [5, 5.41) is 18.1. The van der Waals surface area contributed by atoms with Gasteiger partial charge in [0.2, 0.25) is 6.29 Å². The van der Waals surface area contributed by atoms with E-state index >= 15 is 0 Å². The Balaban J connectivity index is 0.00000253. The number of ether oxygens (including phenoxy) is 3. The van der Waals surface area contributed by atoms with E-state index in [0.29, 0.717) is 24.7 Å². The number of likely N-dealkylation sites (tertiary alicyclic amines) is 1. The topological polar surface area (TPSA) is 177 Å². The van der Waals surface area contributed by atoms with E-state index in [0.717, 1.165) is 39.0 Å². The number of hydrogen-bond acceptors (Lipinski definition) is 12. The fourth-order valence-corrected chi connectivity index (χ4v) is 7.08. The number of anilines is 1. The van der Waals surface area contributed by atoms with Crippen molar-refractivity contribution in [3.8, 4) is 11.6 Å². The van der Waals surface area contributed by atoms with E-state index < -0.39 is 29.7 Å². The van der Waals surface area contributed by atoms with Gasteiger partial charge in [-0.05, 0) is 78.0 Å². The van der Waals surface area contributed by atoms with Crippen molar-refractivity contribution in [3.05, 3.63) is 35.9 Å². The third-order valence-corrected chi connectivity index (χ3v) is 9.46. The Hall–Kier alpha value is -4.60. The largest absolute Gasteiger partial charge is 0.483 e. The maximum absolute atomic E-state index is 14.4. The second kappa shape index (κ2) is 19.1. The molecule has 0 aliphatic carbocycles. The molecule has 3 heterocycles. The van der Waals surface area contributed by atoms with Crippen LogP contribution in [-0.4, -0.2) is 111 Å². The van der Waals surface area contributed by atoms with E-state index in [9.17, 15) is 18.8 Å². The molecule has 2 fully saturated rings. The smallest absolute Gasteiger partial charge is 0.410 e. The van der Waals surface area contributed by atoms with Gasteiger partial charge in [0.15, 0.2) is 5.82 Å². The van der Waals surface area contributed by atoms with Crippen molar-refractivity contribution in [2.75, 3.05) is 37.6 Å². The Kier molecular flexibility index (Phi) is 15.5. The van der Waals surface area contributed by atoms with Crippen molar-refractivity contribution in [1.82, 2.24) is 30.3 Å². The van der Waals surface area contributed by atoms with Gasteiger partial charge in [0.05, 0.1) is 11.5 Å². The Morgan fingerprint density at radius 2 is 1.76 bits per heavy atom. The van der Waals surface area contributed by atoms with Crippen LogP contribution in [0.3, 0.4) is 0 Å². The summed E-state index contributed by atoms with van der Waals surface area (Å²) in [6.45, 7) is 22.5. The highest BCUT2D eigenvalue weighted by Gasteiger charge is 2.50. The van der Waals surface area contributed by atoms with Crippen molar-refractivity contribution in [3.63, 3.8) is 0 Å². The van der Waals surface area contributed by atoms with E-state index in [1.807, 2.05) is 34.6 Å². The summed E-state index contributed by atoms with van der Waals surface area (Å²) in [5.74, 6) is -0.293. The average Bonchev–Trinajstić information content (AvgIpc) is 3.50. The molecule has 54 heavy (non-hydrogen) atoms. The molecule has 2 aromatic rings. The molecule has 2 N–H and O–H groups in total. The SMILES string of the molecule is CCN(C(=O)c1cc(F)ccc1Oc1nncnc1N1CCC2(C1)CN([C@H](CC(C)C)CC(C)(C)NC(=O)OC(C)OC(=O)C(C)C)C2)C(C)C.O=CO. The van der Waals surface area contributed by atoms with Crippen molar-refractivity contribution in [2.24, 2.45) is 17.3 Å². The number of esters is 1. The summed E-state index contributed by atoms with van der Waals surface area (Å²) in [4.78, 5) is 57.2. The van der Waals surface area contributed by atoms with E-state index in [1.54, 1.807) is 18.7 Å². The highest BCUT2D eigenvalue weighted by molar-refractivity contribution is 5.97. The number of nitrogens with zero attached hydrogens (tertiary/aromatic N) is 6. The molecule has 2 saturated heterocycles. The Morgan fingerprint density at radius 1 is 1.09 bits per heavy atom. The molecule has 2 aliphatic rings. The van der Waals surface area contributed by atoms with Crippen LogP contribution in [0.15, 0.2) is 24.5 Å². The first-order valence-corrected chi connectivity index (χ1v) is 18.6. The number of hydrogen-bond donors (Lipinski definition) is 2. The third-order valence-electron chi connectivity index (χ3n) is 9.46. The summed E-state index contributed by atoms with van der Waals surface area (Å²) in [6, 6.07) is 4.04. The van der Waals surface area contributed by atoms with Crippen LogP contribution in [0.25, 0.3) is 0 Å². The van der Waals surface area contributed by atoms with Gasteiger partial charge in [-0.15, -0.1) is 10.2 Å². The van der Waals surface area contributed by atoms with E-state index in [1.165, 1.54) is 31.5 Å². The van der Waals surface area contributed by atoms with Crippen molar-refractivity contribution >= 4 is 30.3 Å². The number of carbonyl (C=O) groups excluding carboxylic acids is 3. The third kappa shape index (κ3) is 12.0. The minimum atomic E-state index is -0.991. The standard InChI is InChI=1S/C37H56FN7O6.CH2O2/c1-11-45(25(6)7)33(46)29-17-27(38)12-13-30(29)51-32-31(39-22-40-42-32)43-15-14-37(19-43)20-44(21-37)28(16-23(2)3)18-36(9,10)41-35(48)50-26(8)49-34(47)24(4)5;2-1-3/h12-13,17,22-26,28H,11,14-16,18-21H2,1-10H3,(H,41,48);1H,(H,2,3)/t26?,28-;/m1./s1. The van der Waals surface area contributed by atoms with Crippen molar-refractivity contribution in [2.45, 2.75) is 112 Å². The summed E-state index contributed by atoms with van der Waals surface area (Å²) >= 11 is 0. The summed E-state index contributed by atoms with van der Waals surface area (Å²) in [6.07, 6.45) is 2.37. The van der Waals surface area contributed by atoms with Crippen LogP contribution in [0.5, 0.6) is 11.6 Å². The fraction of sp³-hybridized carbons (Fsp3) is 0.658. The summed E-state index contributed by atoms with van der Waals surface area (Å²) in [7, 11) is 0. The molecule has 2 amide bonds. The quantitative estimate of drug-likeness (QED) is 0.128. The molecule has 300 valence electrons. The van der Waals surface area contributed by atoms with Crippen LogP contribution >= 0.6 is 0 Å². The van der Waals surface area contributed by atoms with Crippen LogP contribution in [-0.2, 0) is 19.1 Å². The molecular formula is C38H58FN7O8. The predicted octanol–water partition coefficient (Wildman–Crippen LogP) is 5.74. The maximum Gasteiger partial charge on any atom is 0.410 e. The summed E-state index contributed by atoms with van der Waals surface area (Å²) < 4.78 is 31.1.